The van der Waals surface area contributed by atoms with Crippen LogP contribution in [0.25, 0.3) is 0 Å². The van der Waals surface area contributed by atoms with Crippen molar-refractivity contribution in [3.05, 3.63) is 70.6 Å². The molecule has 2 atom stereocenters. The van der Waals surface area contributed by atoms with Crippen LogP contribution in [0.2, 0.25) is 0 Å². The minimum Gasteiger partial charge on any atom is -0.392 e. The Kier molecular flexibility index (Phi) is 7.40. The van der Waals surface area contributed by atoms with Crippen molar-refractivity contribution < 1.29 is 9.90 Å². The first kappa shape index (κ1) is 28.5. The van der Waals surface area contributed by atoms with Gasteiger partial charge in [0.25, 0.3) is 5.91 Å². The maximum atomic E-state index is 13.7. The van der Waals surface area contributed by atoms with Crippen LogP contribution in [-0.2, 0) is 30.8 Å². The van der Waals surface area contributed by atoms with Gasteiger partial charge in [0.05, 0.1) is 23.3 Å². The Morgan fingerprint density at radius 2 is 2.05 bits per heavy atom. The molecule has 9 heteroatoms. The number of nitrogens with zero attached hydrogens (tertiary/aromatic N) is 6. The van der Waals surface area contributed by atoms with Gasteiger partial charge in [0.2, 0.25) is 0 Å². The van der Waals surface area contributed by atoms with Crippen LogP contribution in [0.3, 0.4) is 0 Å². The zero-order valence-electron chi connectivity index (χ0n) is 25.1. The number of amides is 1. The third-order valence-electron chi connectivity index (χ3n) is 9.66. The van der Waals surface area contributed by atoms with E-state index < -0.39 is 0 Å². The van der Waals surface area contributed by atoms with Crippen molar-refractivity contribution in [2.75, 3.05) is 18.4 Å². The highest BCUT2D eigenvalue weighted by molar-refractivity contribution is 6.03. The number of hydrogen-bond acceptors (Lipinski definition) is 7. The van der Waals surface area contributed by atoms with Crippen molar-refractivity contribution in [2.45, 2.75) is 82.8 Å². The summed E-state index contributed by atoms with van der Waals surface area (Å²) in [5.41, 5.74) is 5.18. The minimum absolute atomic E-state index is 0.0956. The highest BCUT2D eigenvalue weighted by Crippen LogP contribution is 2.53. The van der Waals surface area contributed by atoms with Gasteiger partial charge in [0.15, 0.2) is 0 Å². The Morgan fingerprint density at radius 3 is 2.76 bits per heavy atom. The molecule has 0 radical (unpaired) electrons. The fraction of sp³-hybridized carbons (Fsp3) is 0.545. The quantitative estimate of drug-likeness (QED) is 0.431. The van der Waals surface area contributed by atoms with Gasteiger partial charge in [-0.15, -0.1) is 10.2 Å². The standard InChI is InChI=1S/C33H41N7O2/c1-21-12-26(41)19-40(17-21)18-23-13-28(37-29-27(23)8-10-32(29,2)3)30(42)36-25-7-5-6-24(14-25)33(15-22(16-33)9-11-34)31-38-35-20-39(31)4/h5-7,13-14,20-22,26,41H,8-10,12,15-19H2,1-4H3,(H,36,42)/t21-,22?,26+,33?/m0/s1. The first-order valence-electron chi connectivity index (χ1n) is 15.1. The average molecular weight is 568 g/mol. The summed E-state index contributed by atoms with van der Waals surface area (Å²) in [7, 11) is 1.95. The monoisotopic (exact) mass is 567 g/mol. The predicted octanol–water partition coefficient (Wildman–Crippen LogP) is 4.50. The molecule has 2 fully saturated rings. The zero-order chi connectivity index (χ0) is 29.6. The van der Waals surface area contributed by atoms with Gasteiger partial charge >= 0.3 is 0 Å². The number of β-amino-alcohol motifs (C(OH)–C–C–N with tert-alkyl or cyclic N) is 1. The summed E-state index contributed by atoms with van der Waals surface area (Å²) in [5.74, 6) is 1.40. The number of rotatable bonds is 7. The lowest BCUT2D eigenvalue weighted by molar-refractivity contribution is 0.0407. The van der Waals surface area contributed by atoms with Gasteiger partial charge in [-0.3, -0.25) is 9.69 Å². The number of piperidine rings is 1. The number of aromatic nitrogens is 4. The number of nitrogens with one attached hydrogen (secondary N) is 1. The smallest absolute Gasteiger partial charge is 0.274 e. The van der Waals surface area contributed by atoms with Gasteiger partial charge < -0.3 is 15.0 Å². The number of benzene rings is 1. The van der Waals surface area contributed by atoms with Crippen LogP contribution in [0.4, 0.5) is 5.69 Å². The predicted molar refractivity (Wildman–Crippen MR) is 160 cm³/mol. The van der Waals surface area contributed by atoms with Crippen molar-refractivity contribution in [3.63, 3.8) is 0 Å². The summed E-state index contributed by atoms with van der Waals surface area (Å²) in [6.45, 7) is 8.90. The summed E-state index contributed by atoms with van der Waals surface area (Å²) in [5, 5.41) is 31.3. The SMILES string of the molecule is C[C@H]1C[C@@H](O)CN(Cc2cc(C(=O)Nc3cccc(C4(c5nncn5C)CC(CC#N)C4)c3)nc3c2CCC3(C)C)C1. The molecule has 6 rings (SSSR count). The van der Waals surface area contributed by atoms with Crippen molar-refractivity contribution in [1.29, 1.82) is 5.26 Å². The molecule has 3 aliphatic rings. The molecule has 1 saturated heterocycles. The summed E-state index contributed by atoms with van der Waals surface area (Å²) in [4.78, 5) is 21.0. The van der Waals surface area contributed by atoms with Crippen molar-refractivity contribution >= 4 is 11.6 Å². The van der Waals surface area contributed by atoms with E-state index in [-0.39, 0.29) is 22.8 Å². The number of likely N-dealkylation sites (tertiary alicyclic amines) is 1. The van der Waals surface area contributed by atoms with E-state index in [0.29, 0.717) is 42.7 Å². The zero-order valence-corrected chi connectivity index (χ0v) is 25.1. The van der Waals surface area contributed by atoms with E-state index in [1.807, 2.05) is 35.9 Å². The average Bonchev–Trinajstić information content (AvgIpc) is 3.48. The number of aliphatic hydroxyl groups excluding tert-OH is 1. The Bertz CT molecular complexity index is 1520. The van der Waals surface area contributed by atoms with Crippen molar-refractivity contribution in [2.24, 2.45) is 18.9 Å². The third-order valence-corrected chi connectivity index (χ3v) is 9.66. The topological polar surface area (TPSA) is 120 Å². The van der Waals surface area contributed by atoms with Gasteiger partial charge in [-0.1, -0.05) is 32.9 Å². The highest BCUT2D eigenvalue weighted by Gasteiger charge is 2.49. The lowest BCUT2D eigenvalue weighted by Crippen LogP contribution is -2.44. The normalized spacial score (nSPS) is 26.7. The van der Waals surface area contributed by atoms with Gasteiger partial charge in [0, 0.05) is 44.2 Å². The summed E-state index contributed by atoms with van der Waals surface area (Å²) in [6, 6.07) is 12.3. The molecular weight excluding hydrogens is 526 g/mol. The number of aliphatic hydroxyl groups is 1. The van der Waals surface area contributed by atoms with Gasteiger partial charge in [0.1, 0.15) is 17.8 Å². The van der Waals surface area contributed by atoms with E-state index >= 15 is 0 Å². The number of pyridine rings is 1. The van der Waals surface area contributed by atoms with E-state index in [4.69, 9.17) is 4.98 Å². The third kappa shape index (κ3) is 5.23. The maximum absolute atomic E-state index is 13.7. The number of fused-ring (bicyclic) bond motifs is 1. The lowest BCUT2D eigenvalue weighted by Gasteiger charge is -2.46. The van der Waals surface area contributed by atoms with E-state index in [9.17, 15) is 15.2 Å². The Labute approximate surface area is 248 Å². The molecule has 220 valence electrons. The molecule has 3 aromatic rings. The fourth-order valence-electron chi connectivity index (χ4n) is 7.63. The minimum atomic E-state index is -0.341. The molecule has 2 aromatic heterocycles. The molecule has 1 aliphatic heterocycles. The Balaban J connectivity index is 1.28. The van der Waals surface area contributed by atoms with Gasteiger partial charge in [-0.2, -0.15) is 5.26 Å². The van der Waals surface area contributed by atoms with Crippen LogP contribution in [-0.4, -0.2) is 54.9 Å². The largest absolute Gasteiger partial charge is 0.392 e. The summed E-state index contributed by atoms with van der Waals surface area (Å²) >= 11 is 0. The molecule has 42 heavy (non-hydrogen) atoms. The summed E-state index contributed by atoms with van der Waals surface area (Å²) < 4.78 is 1.95. The van der Waals surface area contributed by atoms with Gasteiger partial charge in [-0.05, 0) is 78.8 Å². The fourth-order valence-corrected chi connectivity index (χ4v) is 7.63. The number of carbonyl (C=O) groups is 1. The van der Waals surface area contributed by atoms with Crippen LogP contribution in [0, 0.1) is 23.2 Å². The first-order chi connectivity index (χ1) is 20.1. The van der Waals surface area contributed by atoms with Crippen LogP contribution in [0.5, 0.6) is 0 Å². The second kappa shape index (κ2) is 10.9. The number of nitriles is 1. The second-order valence-electron chi connectivity index (χ2n) is 13.6. The molecule has 0 unspecified atom stereocenters. The maximum Gasteiger partial charge on any atom is 0.274 e. The van der Waals surface area contributed by atoms with Crippen molar-refractivity contribution in [3.8, 4) is 6.07 Å². The number of hydrogen-bond donors (Lipinski definition) is 2. The molecule has 3 heterocycles. The van der Waals surface area contributed by atoms with Crippen LogP contribution in [0.15, 0.2) is 36.7 Å². The molecule has 0 spiro atoms. The molecule has 0 bridgehead atoms. The van der Waals surface area contributed by atoms with E-state index in [1.165, 1.54) is 5.56 Å². The number of aryl methyl sites for hydroxylation is 1. The Morgan fingerprint density at radius 1 is 1.24 bits per heavy atom. The molecule has 2 N–H and O–H groups in total. The molecule has 2 aliphatic carbocycles. The molecule has 1 saturated carbocycles. The molecule has 9 nitrogen and oxygen atoms in total. The first-order valence-corrected chi connectivity index (χ1v) is 15.1. The van der Waals surface area contributed by atoms with E-state index in [1.54, 1.807) is 6.33 Å². The Hall–Kier alpha value is -3.61. The molecule has 1 aromatic carbocycles. The number of carbonyl (C=O) groups excluding carboxylic acids is 1. The lowest BCUT2D eigenvalue weighted by atomic mass is 9.57. The number of anilines is 1. The molecule has 1 amide bonds. The second-order valence-corrected chi connectivity index (χ2v) is 13.6. The van der Waals surface area contributed by atoms with Crippen LogP contribution < -0.4 is 5.32 Å². The van der Waals surface area contributed by atoms with E-state index in [2.05, 4.69) is 53.3 Å². The van der Waals surface area contributed by atoms with Gasteiger partial charge in [-0.25, -0.2) is 4.98 Å². The van der Waals surface area contributed by atoms with Crippen molar-refractivity contribution in [1.82, 2.24) is 24.6 Å². The summed E-state index contributed by atoms with van der Waals surface area (Å²) in [6.07, 6.45) is 6.35. The van der Waals surface area contributed by atoms with Crippen LogP contribution in [0.1, 0.15) is 91.6 Å². The highest BCUT2D eigenvalue weighted by atomic mass is 16.3. The van der Waals surface area contributed by atoms with Crippen LogP contribution >= 0.6 is 0 Å². The van der Waals surface area contributed by atoms with E-state index in [0.717, 1.165) is 61.3 Å². The molecular formula is C33H41N7O2.